The maximum Gasteiger partial charge on any atom is 0.331 e. The van der Waals surface area contributed by atoms with Gasteiger partial charge in [0.1, 0.15) is 43.1 Å². The van der Waals surface area contributed by atoms with Crippen molar-refractivity contribution in [1.29, 1.82) is 0 Å². The van der Waals surface area contributed by atoms with Crippen LogP contribution < -0.4 is 4.74 Å². The van der Waals surface area contributed by atoms with E-state index in [0.29, 0.717) is 5.75 Å². The lowest BCUT2D eigenvalue weighted by atomic mass is 10.2. The third kappa shape index (κ3) is 11.8. The fourth-order valence-corrected chi connectivity index (χ4v) is 1.85. The molecule has 0 saturated heterocycles. The van der Waals surface area contributed by atoms with Crippen molar-refractivity contribution in [3.8, 4) is 17.6 Å². The molecule has 8 heteroatoms. The second-order valence-electron chi connectivity index (χ2n) is 5.87. The summed E-state index contributed by atoms with van der Waals surface area (Å²) in [6.45, 7) is -0.520. The van der Waals surface area contributed by atoms with Crippen molar-refractivity contribution in [1.82, 2.24) is 0 Å². The molecule has 3 atom stereocenters. The van der Waals surface area contributed by atoms with Crippen LogP contribution in [-0.4, -0.2) is 66.5 Å². The molecule has 0 aliphatic heterocycles. The van der Waals surface area contributed by atoms with Crippen molar-refractivity contribution < 1.29 is 38.7 Å². The standard InChI is InChI=1S/C22H25FO7/c1-28-22(27)16-29-15-21(26)20(25)9-7-5-3-2-4-6-8-18(24)14-30-19-12-10-17(23)11-13-19/h3,5-13,18,20-21,24-26H,14-16H2,1H3/b5-3+,8-6+,9-7+/t18-,20-,21-/m0/s1. The molecule has 162 valence electrons. The van der Waals surface area contributed by atoms with Gasteiger partial charge in [-0.2, -0.15) is 0 Å². The van der Waals surface area contributed by atoms with Crippen LogP contribution in [0.3, 0.4) is 0 Å². The molecular weight excluding hydrogens is 395 g/mol. The zero-order chi connectivity index (χ0) is 22.2. The van der Waals surface area contributed by atoms with Crippen LogP contribution >= 0.6 is 0 Å². The number of hydrogen-bond donors (Lipinski definition) is 3. The van der Waals surface area contributed by atoms with E-state index in [-0.39, 0.29) is 25.6 Å². The van der Waals surface area contributed by atoms with Crippen LogP contribution in [0.4, 0.5) is 4.39 Å². The molecule has 0 heterocycles. The molecule has 1 aromatic rings. The van der Waals surface area contributed by atoms with Crippen LogP contribution in [0.15, 0.2) is 60.7 Å². The van der Waals surface area contributed by atoms with Crippen molar-refractivity contribution in [3.63, 3.8) is 0 Å². The van der Waals surface area contributed by atoms with Gasteiger partial charge in [0.2, 0.25) is 0 Å². The van der Waals surface area contributed by atoms with E-state index in [1.807, 2.05) is 0 Å². The molecule has 0 radical (unpaired) electrons. The SMILES string of the molecule is COC(=O)COC[C@H](O)[C@@H](O)/C=C/C=C/C#C/C=C/[C@H](O)COc1ccc(F)cc1. The van der Waals surface area contributed by atoms with Gasteiger partial charge < -0.3 is 29.5 Å². The summed E-state index contributed by atoms with van der Waals surface area (Å²) in [5.41, 5.74) is 0. The first-order valence-corrected chi connectivity index (χ1v) is 9.00. The van der Waals surface area contributed by atoms with Crippen molar-refractivity contribution in [3.05, 3.63) is 66.5 Å². The Bertz CT molecular complexity index is 775. The van der Waals surface area contributed by atoms with Crippen molar-refractivity contribution in [2.24, 2.45) is 0 Å². The highest BCUT2D eigenvalue weighted by molar-refractivity contribution is 5.70. The lowest BCUT2D eigenvalue weighted by Crippen LogP contribution is -2.30. The van der Waals surface area contributed by atoms with E-state index in [4.69, 9.17) is 9.47 Å². The lowest BCUT2D eigenvalue weighted by Gasteiger charge is -2.13. The molecule has 0 aromatic heterocycles. The highest BCUT2D eigenvalue weighted by Gasteiger charge is 2.13. The number of carbonyl (C=O) groups is 1. The van der Waals surface area contributed by atoms with E-state index in [0.717, 1.165) is 0 Å². The van der Waals surface area contributed by atoms with Gasteiger partial charge in [0.25, 0.3) is 0 Å². The Balaban J connectivity index is 2.26. The smallest absolute Gasteiger partial charge is 0.331 e. The summed E-state index contributed by atoms with van der Waals surface area (Å²) >= 11 is 0. The Kier molecular flexibility index (Phi) is 12.5. The monoisotopic (exact) mass is 420 g/mol. The molecule has 0 spiro atoms. The van der Waals surface area contributed by atoms with Gasteiger partial charge in [0, 0.05) is 0 Å². The number of hydrogen-bond acceptors (Lipinski definition) is 7. The number of halogens is 1. The fourth-order valence-electron chi connectivity index (χ4n) is 1.85. The van der Waals surface area contributed by atoms with Gasteiger partial charge in [-0.15, -0.1) is 0 Å². The Morgan fingerprint density at radius 1 is 1.07 bits per heavy atom. The second kappa shape index (κ2) is 15.0. The lowest BCUT2D eigenvalue weighted by molar-refractivity contribution is -0.147. The maximum atomic E-state index is 12.8. The summed E-state index contributed by atoms with van der Waals surface area (Å²) in [6, 6.07) is 5.47. The molecule has 0 bridgehead atoms. The summed E-state index contributed by atoms with van der Waals surface area (Å²) in [7, 11) is 1.22. The molecule has 0 fully saturated rings. The van der Waals surface area contributed by atoms with Crippen LogP contribution in [0, 0.1) is 17.7 Å². The Labute approximate surface area is 174 Å². The Morgan fingerprint density at radius 3 is 2.47 bits per heavy atom. The molecule has 7 nitrogen and oxygen atoms in total. The number of methoxy groups -OCH3 is 1. The summed E-state index contributed by atoms with van der Waals surface area (Å²) in [5.74, 6) is 4.89. The third-order valence-electron chi connectivity index (χ3n) is 3.45. The summed E-state index contributed by atoms with van der Waals surface area (Å²) in [5, 5.41) is 29.1. The van der Waals surface area contributed by atoms with Crippen LogP contribution in [0.25, 0.3) is 0 Å². The first-order chi connectivity index (χ1) is 14.4. The molecule has 0 aliphatic rings. The van der Waals surface area contributed by atoms with Crippen molar-refractivity contribution in [2.45, 2.75) is 18.3 Å². The minimum absolute atomic E-state index is 0.00590. The van der Waals surface area contributed by atoms with Gasteiger partial charge in [-0.1, -0.05) is 30.1 Å². The molecule has 1 rings (SSSR count). The summed E-state index contributed by atoms with van der Waals surface area (Å²) < 4.78 is 27.4. The van der Waals surface area contributed by atoms with E-state index in [1.54, 1.807) is 6.08 Å². The topological polar surface area (TPSA) is 105 Å². The molecule has 0 unspecified atom stereocenters. The van der Waals surface area contributed by atoms with Crippen LogP contribution in [0.2, 0.25) is 0 Å². The zero-order valence-corrected chi connectivity index (χ0v) is 16.5. The summed E-state index contributed by atoms with van der Waals surface area (Å²) in [4.78, 5) is 10.9. The molecule has 3 N–H and O–H groups in total. The summed E-state index contributed by atoms with van der Waals surface area (Å²) in [6.07, 6.45) is 5.59. The van der Waals surface area contributed by atoms with Gasteiger partial charge in [0.15, 0.2) is 0 Å². The zero-order valence-electron chi connectivity index (χ0n) is 16.5. The van der Waals surface area contributed by atoms with Gasteiger partial charge in [0.05, 0.1) is 13.7 Å². The average molecular weight is 420 g/mol. The minimum atomic E-state index is -1.19. The number of aliphatic hydroxyl groups is 3. The first kappa shape index (κ1) is 25.1. The van der Waals surface area contributed by atoms with Crippen LogP contribution in [0.5, 0.6) is 5.75 Å². The minimum Gasteiger partial charge on any atom is -0.491 e. The van der Waals surface area contributed by atoms with E-state index in [9.17, 15) is 24.5 Å². The fraction of sp³-hybridized carbons (Fsp3) is 0.318. The van der Waals surface area contributed by atoms with Crippen LogP contribution in [0.1, 0.15) is 0 Å². The molecular formula is C22H25FO7. The highest BCUT2D eigenvalue weighted by atomic mass is 19.1. The number of allylic oxidation sites excluding steroid dienone is 4. The Hall–Kier alpha value is -2.96. The molecule has 0 aliphatic carbocycles. The quantitative estimate of drug-likeness (QED) is 0.280. The van der Waals surface area contributed by atoms with E-state index in [2.05, 4.69) is 16.6 Å². The largest absolute Gasteiger partial charge is 0.491 e. The molecule has 1 aromatic carbocycles. The van der Waals surface area contributed by atoms with E-state index >= 15 is 0 Å². The van der Waals surface area contributed by atoms with Crippen LogP contribution in [-0.2, 0) is 14.3 Å². The predicted octanol–water partition coefficient (Wildman–Crippen LogP) is 1.15. The number of carbonyl (C=O) groups excluding carboxylic acids is 1. The number of benzene rings is 1. The Morgan fingerprint density at radius 2 is 1.77 bits per heavy atom. The molecule has 30 heavy (non-hydrogen) atoms. The number of rotatable bonds is 11. The highest BCUT2D eigenvalue weighted by Crippen LogP contribution is 2.11. The second-order valence-corrected chi connectivity index (χ2v) is 5.87. The van der Waals surface area contributed by atoms with Gasteiger partial charge in [-0.3, -0.25) is 0 Å². The molecule has 0 amide bonds. The number of esters is 1. The maximum absolute atomic E-state index is 12.8. The predicted molar refractivity (Wildman–Crippen MR) is 108 cm³/mol. The van der Waals surface area contributed by atoms with Crippen molar-refractivity contribution in [2.75, 3.05) is 26.9 Å². The third-order valence-corrected chi connectivity index (χ3v) is 3.45. The van der Waals surface area contributed by atoms with E-state index < -0.39 is 24.3 Å². The van der Waals surface area contributed by atoms with Gasteiger partial charge in [-0.05, 0) is 42.5 Å². The number of ether oxygens (including phenoxy) is 3. The average Bonchev–Trinajstić information content (AvgIpc) is 2.74. The normalized spacial score (nSPS) is 14.4. The van der Waals surface area contributed by atoms with Crippen molar-refractivity contribution >= 4 is 5.97 Å². The van der Waals surface area contributed by atoms with Gasteiger partial charge in [-0.25, -0.2) is 9.18 Å². The van der Waals surface area contributed by atoms with E-state index in [1.165, 1.54) is 61.8 Å². The molecule has 0 saturated carbocycles. The number of aliphatic hydroxyl groups excluding tert-OH is 3. The first-order valence-electron chi connectivity index (χ1n) is 9.00. The van der Waals surface area contributed by atoms with Gasteiger partial charge >= 0.3 is 5.97 Å².